The summed E-state index contributed by atoms with van der Waals surface area (Å²) in [5.74, 6) is 4.55. The minimum atomic E-state index is 0. The fourth-order valence-electron chi connectivity index (χ4n) is 1.92. The largest absolute Gasteiger partial charge is 2.00 e. The molecule has 128 valence electrons. The number of hydrogen-bond acceptors (Lipinski definition) is 0. The molecule has 0 atom stereocenters. The van der Waals surface area contributed by atoms with E-state index in [-0.39, 0.29) is 21.1 Å². The molecular formula is C24H22Pt. The van der Waals surface area contributed by atoms with Gasteiger partial charge in [-0.25, -0.2) is 0 Å². The number of benzene rings is 2. The summed E-state index contributed by atoms with van der Waals surface area (Å²) in [5.41, 5.74) is 1.65. The minimum Gasteiger partial charge on any atom is -0.366 e. The molecule has 2 aromatic rings. The molecule has 1 aliphatic carbocycles. The second-order valence-corrected chi connectivity index (χ2v) is 5.12. The number of hydrogen-bond donors (Lipinski definition) is 0. The van der Waals surface area contributed by atoms with Crippen LogP contribution in [0, 0.1) is 24.7 Å². The summed E-state index contributed by atoms with van der Waals surface area (Å²) in [6, 6.07) is 18.7. The van der Waals surface area contributed by atoms with Crippen molar-refractivity contribution in [3.63, 3.8) is 0 Å². The van der Waals surface area contributed by atoms with Crippen molar-refractivity contribution < 1.29 is 21.1 Å². The monoisotopic (exact) mass is 505 g/mol. The third-order valence-corrected chi connectivity index (χ3v) is 3.21. The van der Waals surface area contributed by atoms with E-state index in [1.54, 1.807) is 0 Å². The fraction of sp³-hybridized carbons (Fsp3) is 0.167. The normalized spacial score (nSPS) is 14.0. The van der Waals surface area contributed by atoms with Gasteiger partial charge in [-0.2, -0.15) is 0 Å². The summed E-state index contributed by atoms with van der Waals surface area (Å²) in [5, 5.41) is 0. The Bertz CT molecular complexity index is 619. The van der Waals surface area contributed by atoms with E-state index in [4.69, 9.17) is 12.8 Å². The maximum absolute atomic E-state index is 6.69. The predicted molar refractivity (Wildman–Crippen MR) is 102 cm³/mol. The van der Waals surface area contributed by atoms with Crippen molar-refractivity contribution in [1.82, 2.24) is 0 Å². The molecule has 0 saturated carbocycles. The third kappa shape index (κ3) is 12.8. The molecule has 0 saturated heterocycles. The molecule has 0 aliphatic heterocycles. The summed E-state index contributed by atoms with van der Waals surface area (Å²) in [4.78, 5) is 0. The van der Waals surface area contributed by atoms with Crippen molar-refractivity contribution in [2.75, 3.05) is 0 Å². The molecule has 1 aliphatic rings. The van der Waals surface area contributed by atoms with Crippen LogP contribution in [-0.2, 0) is 21.1 Å². The van der Waals surface area contributed by atoms with Gasteiger partial charge in [-0.15, -0.1) is 35.4 Å². The summed E-state index contributed by atoms with van der Waals surface area (Å²) in [6.45, 7) is 0. The molecule has 0 heterocycles. The minimum absolute atomic E-state index is 0. The van der Waals surface area contributed by atoms with Gasteiger partial charge in [0.25, 0.3) is 0 Å². The maximum Gasteiger partial charge on any atom is 2.00 e. The molecule has 0 nitrogen and oxygen atoms in total. The molecule has 0 N–H and O–H groups in total. The maximum atomic E-state index is 6.69. The van der Waals surface area contributed by atoms with Crippen LogP contribution in [0.1, 0.15) is 36.8 Å². The van der Waals surface area contributed by atoms with Gasteiger partial charge < -0.3 is 12.8 Å². The SMILES string of the molecule is C1=C\CCCC\C=C/1.[C-]#Cc1ccccc1.[C-]#Cc1ccccc1.[Pt+2]. The van der Waals surface area contributed by atoms with Crippen LogP contribution in [0.2, 0.25) is 0 Å². The topological polar surface area (TPSA) is 0 Å². The molecule has 25 heavy (non-hydrogen) atoms. The second-order valence-electron chi connectivity index (χ2n) is 5.12. The van der Waals surface area contributed by atoms with Crippen molar-refractivity contribution in [3.8, 4) is 11.8 Å². The van der Waals surface area contributed by atoms with E-state index in [0.717, 1.165) is 11.1 Å². The average Bonchev–Trinajstić information content (AvgIpc) is 2.63. The van der Waals surface area contributed by atoms with E-state index in [1.165, 1.54) is 25.7 Å². The van der Waals surface area contributed by atoms with E-state index in [0.29, 0.717) is 0 Å². The van der Waals surface area contributed by atoms with Crippen LogP contribution in [0.25, 0.3) is 0 Å². The van der Waals surface area contributed by atoms with E-state index in [1.807, 2.05) is 60.7 Å². The quantitative estimate of drug-likeness (QED) is 0.308. The van der Waals surface area contributed by atoms with Crippen LogP contribution in [0.15, 0.2) is 85.0 Å². The molecule has 2 aromatic carbocycles. The van der Waals surface area contributed by atoms with Crippen LogP contribution in [0.4, 0.5) is 0 Å². The van der Waals surface area contributed by atoms with Gasteiger partial charge in [0.2, 0.25) is 0 Å². The molecule has 1 heteroatoms. The van der Waals surface area contributed by atoms with E-state index < -0.39 is 0 Å². The smallest absolute Gasteiger partial charge is 0.366 e. The van der Waals surface area contributed by atoms with Crippen LogP contribution in [0.3, 0.4) is 0 Å². The van der Waals surface area contributed by atoms with Gasteiger partial charge in [0.15, 0.2) is 0 Å². The zero-order chi connectivity index (χ0) is 17.3. The first-order valence-electron chi connectivity index (χ1n) is 8.14. The molecule has 0 unspecified atom stereocenters. The van der Waals surface area contributed by atoms with E-state index >= 15 is 0 Å². The van der Waals surface area contributed by atoms with Crippen LogP contribution in [0.5, 0.6) is 0 Å². The molecule has 0 amide bonds. The van der Waals surface area contributed by atoms with Gasteiger partial charge in [0.1, 0.15) is 0 Å². The van der Waals surface area contributed by atoms with E-state index in [2.05, 4.69) is 36.1 Å². The van der Waals surface area contributed by atoms with Gasteiger partial charge >= 0.3 is 21.1 Å². The molecule has 0 bridgehead atoms. The number of allylic oxidation sites excluding steroid dienone is 4. The Morgan fingerprint density at radius 1 is 0.600 bits per heavy atom. The Morgan fingerprint density at radius 3 is 1.24 bits per heavy atom. The standard InChI is InChI=1S/2C8H5.C8H12.Pt/c2*1-2-8-6-4-3-5-7-8;1-2-4-6-8-7-5-3-1;/h2*3-7H;1-4H,5-8H2;/q2*-1;;+2/b;;3-1-,4-2-;. The summed E-state index contributed by atoms with van der Waals surface area (Å²) >= 11 is 0. The summed E-state index contributed by atoms with van der Waals surface area (Å²) in [7, 11) is 0. The molecule has 3 rings (SSSR count). The predicted octanol–water partition coefficient (Wildman–Crippen LogP) is 5.92. The van der Waals surface area contributed by atoms with Crippen molar-refractivity contribution in [2.45, 2.75) is 25.7 Å². The van der Waals surface area contributed by atoms with Gasteiger partial charge in [0.05, 0.1) is 0 Å². The average molecular weight is 506 g/mol. The molecular weight excluding hydrogens is 483 g/mol. The number of rotatable bonds is 0. The van der Waals surface area contributed by atoms with Crippen LogP contribution < -0.4 is 0 Å². The van der Waals surface area contributed by atoms with Crippen molar-refractivity contribution in [3.05, 3.63) is 109 Å². The van der Waals surface area contributed by atoms with E-state index in [9.17, 15) is 0 Å². The van der Waals surface area contributed by atoms with Crippen LogP contribution >= 0.6 is 0 Å². The Balaban J connectivity index is 0.000000339. The Kier molecular flexibility index (Phi) is 15.1. The van der Waals surface area contributed by atoms with Crippen molar-refractivity contribution in [1.29, 1.82) is 0 Å². The van der Waals surface area contributed by atoms with Gasteiger partial charge in [0, 0.05) is 0 Å². The molecule has 0 fully saturated rings. The summed E-state index contributed by atoms with van der Waals surface area (Å²) < 4.78 is 0. The zero-order valence-corrected chi connectivity index (χ0v) is 16.5. The molecule has 0 radical (unpaired) electrons. The van der Waals surface area contributed by atoms with Crippen LogP contribution in [-0.4, -0.2) is 0 Å². The second kappa shape index (κ2) is 16.6. The van der Waals surface area contributed by atoms with Gasteiger partial charge in [-0.05, 0) is 25.7 Å². The zero-order valence-electron chi connectivity index (χ0n) is 14.2. The fourth-order valence-corrected chi connectivity index (χ4v) is 1.92. The van der Waals surface area contributed by atoms with Gasteiger partial charge in [-0.1, -0.05) is 60.7 Å². The first-order chi connectivity index (χ1) is 11.9. The van der Waals surface area contributed by atoms with Crippen molar-refractivity contribution >= 4 is 0 Å². The molecule has 0 aromatic heterocycles. The van der Waals surface area contributed by atoms with Crippen molar-refractivity contribution in [2.24, 2.45) is 0 Å². The molecule has 0 spiro atoms. The third-order valence-electron chi connectivity index (χ3n) is 3.21. The Labute approximate surface area is 167 Å². The first kappa shape index (κ1) is 22.7. The Hall–Kier alpha value is -2.27. The van der Waals surface area contributed by atoms with Gasteiger partial charge in [-0.3, -0.25) is 11.8 Å². The first-order valence-corrected chi connectivity index (χ1v) is 8.14. The summed E-state index contributed by atoms with van der Waals surface area (Å²) in [6.07, 6.45) is 27.4. The Morgan fingerprint density at radius 2 is 0.960 bits per heavy atom.